The summed E-state index contributed by atoms with van der Waals surface area (Å²) in [6.45, 7) is 16.4. The number of piperazine rings is 1. The molecular formula is C18H38N6O. The molecule has 0 radical (unpaired) electrons. The van der Waals surface area contributed by atoms with Gasteiger partial charge in [-0.1, -0.05) is 6.92 Å². The minimum atomic E-state index is -0.210. The minimum absolute atomic E-state index is 0.0262. The molecule has 0 aromatic rings. The quantitative estimate of drug-likeness (QED) is 0.336. The molecule has 1 amide bonds. The van der Waals surface area contributed by atoms with Gasteiger partial charge < -0.3 is 25.8 Å². The van der Waals surface area contributed by atoms with Gasteiger partial charge in [0, 0.05) is 45.3 Å². The van der Waals surface area contributed by atoms with Crippen LogP contribution in [0.1, 0.15) is 40.5 Å². The fourth-order valence-electron chi connectivity index (χ4n) is 2.84. The lowest BCUT2D eigenvalue weighted by Crippen LogP contribution is -2.48. The van der Waals surface area contributed by atoms with Crippen molar-refractivity contribution in [3.63, 3.8) is 0 Å². The zero-order valence-electron chi connectivity index (χ0n) is 16.8. The number of rotatable bonds is 8. The number of amides is 1. The van der Waals surface area contributed by atoms with Gasteiger partial charge in [0.05, 0.1) is 6.54 Å². The van der Waals surface area contributed by atoms with Crippen molar-refractivity contribution in [3.05, 3.63) is 0 Å². The highest BCUT2D eigenvalue weighted by atomic mass is 16.2. The normalized spacial score (nSPS) is 17.4. The van der Waals surface area contributed by atoms with Crippen LogP contribution in [0.5, 0.6) is 0 Å². The highest BCUT2D eigenvalue weighted by Gasteiger charge is 2.15. The van der Waals surface area contributed by atoms with Gasteiger partial charge in [-0.25, -0.2) is 0 Å². The van der Waals surface area contributed by atoms with Gasteiger partial charge in [0.15, 0.2) is 5.96 Å². The molecule has 25 heavy (non-hydrogen) atoms. The zero-order valence-corrected chi connectivity index (χ0v) is 16.8. The zero-order chi connectivity index (χ0) is 18.7. The van der Waals surface area contributed by atoms with Crippen molar-refractivity contribution in [2.45, 2.75) is 46.1 Å². The number of hydrogen-bond acceptors (Lipinski definition) is 4. The number of aliphatic imine (C=N–C) groups is 1. The molecule has 0 bridgehead atoms. The second-order valence-electron chi connectivity index (χ2n) is 7.63. The average molecular weight is 355 g/mol. The molecule has 1 aliphatic heterocycles. The average Bonchev–Trinajstić information content (AvgIpc) is 2.56. The summed E-state index contributed by atoms with van der Waals surface area (Å²) in [7, 11) is 1.73. The summed E-state index contributed by atoms with van der Waals surface area (Å²) in [5.74, 6) is 0.655. The van der Waals surface area contributed by atoms with Crippen LogP contribution in [0, 0.1) is 0 Å². The van der Waals surface area contributed by atoms with Crippen LogP contribution in [0.25, 0.3) is 0 Å². The van der Waals surface area contributed by atoms with Gasteiger partial charge in [0.25, 0.3) is 0 Å². The van der Waals surface area contributed by atoms with Crippen LogP contribution >= 0.6 is 0 Å². The number of nitrogens with one attached hydrogen (secondary N) is 3. The third-order valence-corrected chi connectivity index (χ3v) is 4.26. The molecule has 0 spiro atoms. The predicted octanol–water partition coefficient (Wildman–Crippen LogP) is 0.484. The van der Waals surface area contributed by atoms with Crippen molar-refractivity contribution < 1.29 is 4.79 Å². The maximum absolute atomic E-state index is 11.8. The Bertz CT molecular complexity index is 410. The summed E-state index contributed by atoms with van der Waals surface area (Å²) in [6.07, 6.45) is 2.28. The summed E-state index contributed by atoms with van der Waals surface area (Å²) in [6, 6.07) is 0. The number of guanidine groups is 1. The summed E-state index contributed by atoms with van der Waals surface area (Å²) < 4.78 is 0. The monoisotopic (exact) mass is 354 g/mol. The van der Waals surface area contributed by atoms with Crippen LogP contribution in [0.2, 0.25) is 0 Å². The molecule has 7 nitrogen and oxygen atoms in total. The van der Waals surface area contributed by atoms with Gasteiger partial charge in [-0.15, -0.1) is 0 Å². The molecule has 1 rings (SSSR count). The summed E-state index contributed by atoms with van der Waals surface area (Å²) in [5, 5.41) is 9.25. The Morgan fingerprint density at radius 3 is 2.24 bits per heavy atom. The summed E-state index contributed by atoms with van der Waals surface area (Å²) in [5.41, 5.74) is -0.210. The Balaban J connectivity index is 2.08. The first-order chi connectivity index (χ1) is 11.8. The first-order valence-corrected chi connectivity index (χ1v) is 9.54. The van der Waals surface area contributed by atoms with Crippen LogP contribution in [-0.2, 0) is 4.79 Å². The Morgan fingerprint density at radius 1 is 1.04 bits per heavy atom. The van der Waals surface area contributed by atoms with Gasteiger partial charge in [-0.3, -0.25) is 9.79 Å². The molecule has 1 saturated heterocycles. The van der Waals surface area contributed by atoms with E-state index in [0.717, 1.165) is 19.5 Å². The van der Waals surface area contributed by atoms with E-state index in [9.17, 15) is 4.79 Å². The smallest absolute Gasteiger partial charge is 0.239 e. The fourth-order valence-corrected chi connectivity index (χ4v) is 2.84. The molecule has 0 aromatic carbocycles. The van der Waals surface area contributed by atoms with E-state index >= 15 is 0 Å². The van der Waals surface area contributed by atoms with Crippen molar-refractivity contribution in [2.75, 3.05) is 59.4 Å². The van der Waals surface area contributed by atoms with Gasteiger partial charge in [-0.05, 0) is 46.7 Å². The van der Waals surface area contributed by atoms with E-state index in [2.05, 4.69) is 37.7 Å². The lowest BCUT2D eigenvalue weighted by Gasteiger charge is -2.34. The molecular weight excluding hydrogens is 316 g/mol. The number of carbonyl (C=O) groups is 1. The molecule has 3 N–H and O–H groups in total. The van der Waals surface area contributed by atoms with Crippen molar-refractivity contribution in [1.29, 1.82) is 0 Å². The van der Waals surface area contributed by atoms with Crippen LogP contribution in [0.3, 0.4) is 0 Å². The van der Waals surface area contributed by atoms with E-state index in [1.54, 1.807) is 7.05 Å². The van der Waals surface area contributed by atoms with E-state index in [1.165, 1.54) is 39.1 Å². The SMILES string of the molecule is CCN1CCN(CCCCNC(=NC)NCC(=O)NC(C)(C)C)CC1. The Morgan fingerprint density at radius 2 is 1.68 bits per heavy atom. The molecule has 0 unspecified atom stereocenters. The van der Waals surface area contributed by atoms with E-state index in [4.69, 9.17) is 0 Å². The molecule has 7 heteroatoms. The molecule has 0 aromatic heterocycles. The van der Waals surface area contributed by atoms with E-state index in [1.807, 2.05) is 20.8 Å². The fraction of sp³-hybridized carbons (Fsp3) is 0.889. The van der Waals surface area contributed by atoms with E-state index in [-0.39, 0.29) is 18.0 Å². The highest BCUT2D eigenvalue weighted by molar-refractivity contribution is 5.86. The topological polar surface area (TPSA) is 72.0 Å². The summed E-state index contributed by atoms with van der Waals surface area (Å²) in [4.78, 5) is 21.0. The predicted molar refractivity (Wildman–Crippen MR) is 105 cm³/mol. The van der Waals surface area contributed by atoms with E-state index in [0.29, 0.717) is 5.96 Å². The first kappa shape index (κ1) is 21.7. The maximum Gasteiger partial charge on any atom is 0.239 e. The third-order valence-electron chi connectivity index (χ3n) is 4.26. The molecule has 1 fully saturated rings. The minimum Gasteiger partial charge on any atom is -0.356 e. The number of unbranched alkanes of at least 4 members (excludes halogenated alkanes) is 1. The molecule has 0 aliphatic carbocycles. The van der Waals surface area contributed by atoms with Gasteiger partial charge >= 0.3 is 0 Å². The standard InChI is InChI=1S/C18H38N6O/c1-6-23-11-13-24(14-12-23)10-8-7-9-20-17(19-5)21-15-16(25)22-18(2,3)4/h6-15H2,1-5H3,(H,22,25)(H2,19,20,21). The first-order valence-electron chi connectivity index (χ1n) is 9.54. The number of nitrogens with zero attached hydrogens (tertiary/aromatic N) is 3. The van der Waals surface area contributed by atoms with Crippen molar-refractivity contribution >= 4 is 11.9 Å². The second kappa shape index (κ2) is 11.3. The molecule has 0 saturated carbocycles. The Hall–Kier alpha value is -1.34. The van der Waals surface area contributed by atoms with Crippen LogP contribution < -0.4 is 16.0 Å². The maximum atomic E-state index is 11.8. The van der Waals surface area contributed by atoms with Crippen LogP contribution in [0.15, 0.2) is 4.99 Å². The van der Waals surface area contributed by atoms with Gasteiger partial charge in [0.1, 0.15) is 0 Å². The molecule has 0 atom stereocenters. The van der Waals surface area contributed by atoms with Crippen molar-refractivity contribution in [1.82, 2.24) is 25.8 Å². The molecule has 1 heterocycles. The van der Waals surface area contributed by atoms with Gasteiger partial charge in [-0.2, -0.15) is 0 Å². The molecule has 146 valence electrons. The molecule has 1 aliphatic rings. The van der Waals surface area contributed by atoms with Crippen molar-refractivity contribution in [2.24, 2.45) is 4.99 Å². The van der Waals surface area contributed by atoms with E-state index < -0.39 is 0 Å². The number of carbonyl (C=O) groups excluding carboxylic acids is 1. The number of likely N-dealkylation sites (N-methyl/N-ethyl adjacent to an activating group) is 1. The lowest BCUT2D eigenvalue weighted by atomic mass is 10.1. The Kier molecular flexibility index (Phi) is 9.82. The highest BCUT2D eigenvalue weighted by Crippen LogP contribution is 2.02. The van der Waals surface area contributed by atoms with Crippen molar-refractivity contribution in [3.8, 4) is 0 Å². The van der Waals surface area contributed by atoms with Crippen LogP contribution in [0.4, 0.5) is 0 Å². The Labute approximate surface area is 153 Å². The largest absolute Gasteiger partial charge is 0.356 e. The van der Waals surface area contributed by atoms with Gasteiger partial charge in [0.2, 0.25) is 5.91 Å². The summed E-state index contributed by atoms with van der Waals surface area (Å²) >= 11 is 0. The lowest BCUT2D eigenvalue weighted by molar-refractivity contribution is -0.121. The third kappa shape index (κ3) is 10.3. The number of hydrogen-bond donors (Lipinski definition) is 3. The van der Waals surface area contributed by atoms with Crippen LogP contribution in [-0.4, -0.2) is 86.6 Å². The second-order valence-corrected chi connectivity index (χ2v) is 7.63.